The molecule has 0 unspecified atom stereocenters. The first kappa shape index (κ1) is 28.1. The number of allylic oxidation sites excluding steroid dienone is 1. The van der Waals surface area contributed by atoms with E-state index in [2.05, 4.69) is 22.5 Å². The van der Waals surface area contributed by atoms with E-state index >= 15 is 0 Å². The first-order valence-electron chi connectivity index (χ1n) is 11.3. The Kier molecular flexibility index (Phi) is 14.2. The van der Waals surface area contributed by atoms with Crippen LogP contribution in [0.1, 0.15) is 44.6 Å². The summed E-state index contributed by atoms with van der Waals surface area (Å²) in [6, 6.07) is 8.55. The lowest BCUT2D eigenvalue weighted by Gasteiger charge is -2.21. The number of aliphatic hydroxyl groups excluding tert-OH is 2. The third kappa shape index (κ3) is 12.6. The van der Waals surface area contributed by atoms with Gasteiger partial charge in [0.05, 0.1) is 25.2 Å². The molecule has 1 rings (SSSR count). The molecule has 0 aliphatic carbocycles. The van der Waals surface area contributed by atoms with Crippen molar-refractivity contribution in [2.24, 2.45) is 5.92 Å². The fraction of sp³-hybridized carbons (Fsp3) is 0.542. The zero-order valence-corrected chi connectivity index (χ0v) is 19.3. The molecule has 184 valence electrons. The molecule has 0 heterocycles. The highest BCUT2D eigenvalue weighted by Crippen LogP contribution is 2.12. The van der Waals surface area contributed by atoms with Crippen molar-refractivity contribution in [1.29, 1.82) is 0 Å². The molecule has 3 atom stereocenters. The molecule has 0 bridgehead atoms. The fourth-order valence-corrected chi connectivity index (χ4v) is 3.10. The molecule has 0 aliphatic heterocycles. The Labute approximate surface area is 195 Å². The van der Waals surface area contributed by atoms with E-state index < -0.39 is 18.1 Å². The van der Waals surface area contributed by atoms with Gasteiger partial charge in [-0.05, 0) is 38.2 Å². The monoisotopic (exact) mass is 463 g/mol. The average molecular weight is 464 g/mol. The summed E-state index contributed by atoms with van der Waals surface area (Å²) in [5.74, 6) is -1.27. The molecule has 1 aromatic carbocycles. The number of carbonyl (C=O) groups excluding carboxylic acids is 3. The van der Waals surface area contributed by atoms with Crippen LogP contribution in [0.2, 0.25) is 0 Å². The van der Waals surface area contributed by atoms with Crippen LogP contribution in [0.15, 0.2) is 43.0 Å². The van der Waals surface area contributed by atoms with Gasteiger partial charge in [0.15, 0.2) is 0 Å². The summed E-state index contributed by atoms with van der Waals surface area (Å²) in [5.41, 5.74) is 0.907. The number of carbonyl (C=O) groups is 3. The van der Waals surface area contributed by atoms with E-state index in [9.17, 15) is 19.5 Å². The predicted molar refractivity (Wildman–Crippen MR) is 125 cm³/mol. The Hall–Kier alpha value is -2.91. The molecule has 0 radical (unpaired) electrons. The van der Waals surface area contributed by atoms with Gasteiger partial charge in [0, 0.05) is 19.0 Å². The highest BCUT2D eigenvalue weighted by molar-refractivity contribution is 5.86. The summed E-state index contributed by atoms with van der Waals surface area (Å²) in [6.07, 6.45) is 3.22. The molecule has 3 amide bonds. The number of hydrogen-bond donors (Lipinski definition) is 5. The maximum Gasteiger partial charge on any atom is 0.407 e. The van der Waals surface area contributed by atoms with Gasteiger partial charge in [-0.25, -0.2) is 4.79 Å². The van der Waals surface area contributed by atoms with Crippen molar-refractivity contribution < 1.29 is 29.3 Å². The third-order valence-corrected chi connectivity index (χ3v) is 4.96. The molecular weight excluding hydrogens is 426 g/mol. The first-order valence-corrected chi connectivity index (χ1v) is 11.3. The summed E-state index contributed by atoms with van der Waals surface area (Å²) in [6.45, 7) is 5.51. The van der Waals surface area contributed by atoms with E-state index in [1.807, 2.05) is 30.3 Å². The number of nitrogens with one attached hydrogen (secondary N) is 3. The van der Waals surface area contributed by atoms with Crippen molar-refractivity contribution >= 4 is 17.9 Å². The SMILES string of the molecule is C=CC[C@@H](CC(=O)N[C@@H](C)CO)C(=O)N[C@H](CO)CCCCNC(=O)OCc1ccccc1. The van der Waals surface area contributed by atoms with Crippen LogP contribution in [0.4, 0.5) is 4.79 Å². The minimum Gasteiger partial charge on any atom is -0.445 e. The van der Waals surface area contributed by atoms with Crippen LogP contribution in [-0.4, -0.2) is 60.0 Å². The summed E-state index contributed by atoms with van der Waals surface area (Å²) < 4.78 is 5.14. The van der Waals surface area contributed by atoms with Crippen molar-refractivity contribution in [2.75, 3.05) is 19.8 Å². The van der Waals surface area contributed by atoms with E-state index in [1.165, 1.54) is 0 Å². The van der Waals surface area contributed by atoms with Crippen molar-refractivity contribution in [3.8, 4) is 0 Å². The van der Waals surface area contributed by atoms with E-state index in [4.69, 9.17) is 9.84 Å². The number of alkyl carbamates (subject to hydrolysis) is 1. The molecule has 0 aliphatic rings. The molecule has 9 nitrogen and oxygen atoms in total. The second-order valence-electron chi connectivity index (χ2n) is 7.95. The lowest BCUT2D eigenvalue weighted by atomic mass is 9.98. The van der Waals surface area contributed by atoms with Crippen LogP contribution < -0.4 is 16.0 Å². The minimum atomic E-state index is -0.608. The van der Waals surface area contributed by atoms with Crippen molar-refractivity contribution in [1.82, 2.24) is 16.0 Å². The second-order valence-corrected chi connectivity index (χ2v) is 7.95. The van der Waals surface area contributed by atoms with Crippen molar-refractivity contribution in [3.05, 3.63) is 48.6 Å². The predicted octanol–water partition coefficient (Wildman–Crippen LogP) is 1.64. The van der Waals surface area contributed by atoms with Gasteiger partial charge in [0.2, 0.25) is 11.8 Å². The summed E-state index contributed by atoms with van der Waals surface area (Å²) in [7, 11) is 0. The Morgan fingerprint density at radius 2 is 1.82 bits per heavy atom. The standard InChI is InChI=1S/C24H37N3O6/c1-3-9-20(14-22(30)26-18(2)15-28)23(31)27-21(16-29)12-7-8-13-25-24(32)33-17-19-10-5-4-6-11-19/h3-6,10-11,18,20-21,28-29H,1,7-9,12-17H2,2H3,(H,25,32)(H,26,30)(H,27,31)/t18-,20-,21-/m0/s1. The van der Waals surface area contributed by atoms with Crippen LogP contribution in [0.25, 0.3) is 0 Å². The highest BCUT2D eigenvalue weighted by Gasteiger charge is 2.23. The zero-order chi connectivity index (χ0) is 24.5. The normalized spacial score (nSPS) is 13.3. The lowest BCUT2D eigenvalue weighted by Crippen LogP contribution is -2.43. The number of amides is 3. The van der Waals surface area contributed by atoms with Crippen molar-refractivity contribution in [2.45, 2.75) is 57.7 Å². The van der Waals surface area contributed by atoms with Crippen LogP contribution in [-0.2, 0) is 20.9 Å². The van der Waals surface area contributed by atoms with Crippen LogP contribution in [0.5, 0.6) is 0 Å². The van der Waals surface area contributed by atoms with Gasteiger partial charge in [0.25, 0.3) is 0 Å². The maximum absolute atomic E-state index is 12.6. The van der Waals surface area contributed by atoms with Gasteiger partial charge >= 0.3 is 6.09 Å². The number of aliphatic hydroxyl groups is 2. The highest BCUT2D eigenvalue weighted by atomic mass is 16.5. The molecule has 0 spiro atoms. The van der Waals surface area contributed by atoms with Gasteiger partial charge in [-0.3, -0.25) is 9.59 Å². The molecule has 0 aromatic heterocycles. The Morgan fingerprint density at radius 3 is 2.45 bits per heavy atom. The zero-order valence-electron chi connectivity index (χ0n) is 19.3. The number of ether oxygens (including phenoxy) is 1. The molecule has 0 saturated heterocycles. The van der Waals surface area contributed by atoms with Gasteiger partial charge in [0.1, 0.15) is 6.61 Å². The van der Waals surface area contributed by atoms with Gasteiger partial charge in [-0.1, -0.05) is 36.4 Å². The third-order valence-electron chi connectivity index (χ3n) is 4.96. The number of benzene rings is 1. The van der Waals surface area contributed by atoms with E-state index in [-0.39, 0.29) is 44.1 Å². The average Bonchev–Trinajstić information content (AvgIpc) is 2.81. The molecule has 33 heavy (non-hydrogen) atoms. The molecular formula is C24H37N3O6. The number of hydrogen-bond acceptors (Lipinski definition) is 6. The number of rotatable bonds is 16. The molecule has 0 saturated carbocycles. The Morgan fingerprint density at radius 1 is 1.09 bits per heavy atom. The molecule has 0 fully saturated rings. The van der Waals surface area contributed by atoms with Gasteiger partial charge < -0.3 is 30.9 Å². The molecule has 5 N–H and O–H groups in total. The first-order chi connectivity index (χ1) is 15.9. The van der Waals surface area contributed by atoms with E-state index in [1.54, 1.807) is 13.0 Å². The van der Waals surface area contributed by atoms with Crippen molar-refractivity contribution in [3.63, 3.8) is 0 Å². The lowest BCUT2D eigenvalue weighted by molar-refractivity contribution is -0.131. The maximum atomic E-state index is 12.6. The fourth-order valence-electron chi connectivity index (χ4n) is 3.10. The smallest absolute Gasteiger partial charge is 0.407 e. The van der Waals surface area contributed by atoms with E-state index in [0.717, 1.165) is 5.56 Å². The minimum absolute atomic E-state index is 0.0324. The van der Waals surface area contributed by atoms with Gasteiger partial charge in [-0.2, -0.15) is 0 Å². The molecule has 9 heteroatoms. The van der Waals surface area contributed by atoms with Crippen LogP contribution in [0.3, 0.4) is 0 Å². The van der Waals surface area contributed by atoms with Crippen LogP contribution in [0, 0.1) is 5.92 Å². The van der Waals surface area contributed by atoms with E-state index in [0.29, 0.717) is 32.2 Å². The largest absolute Gasteiger partial charge is 0.445 e. The second kappa shape index (κ2) is 16.7. The Bertz CT molecular complexity index is 728. The number of unbranched alkanes of at least 4 members (excludes halogenated alkanes) is 1. The van der Waals surface area contributed by atoms with Gasteiger partial charge in [-0.15, -0.1) is 6.58 Å². The summed E-state index contributed by atoms with van der Waals surface area (Å²) in [5, 5.41) is 26.7. The molecule has 1 aromatic rings. The summed E-state index contributed by atoms with van der Waals surface area (Å²) in [4.78, 5) is 36.4. The quantitative estimate of drug-likeness (QED) is 0.187. The topological polar surface area (TPSA) is 137 Å². The summed E-state index contributed by atoms with van der Waals surface area (Å²) >= 11 is 0. The Balaban J connectivity index is 2.31. The van der Waals surface area contributed by atoms with Crippen LogP contribution >= 0.6 is 0 Å².